The Morgan fingerprint density at radius 3 is 2.50 bits per heavy atom. The summed E-state index contributed by atoms with van der Waals surface area (Å²) in [5.41, 5.74) is 5.89. The summed E-state index contributed by atoms with van der Waals surface area (Å²) in [5.74, 6) is 0.261. The van der Waals surface area contributed by atoms with Crippen molar-refractivity contribution in [3.05, 3.63) is 0 Å². The van der Waals surface area contributed by atoms with Crippen molar-refractivity contribution < 1.29 is 8.42 Å². The van der Waals surface area contributed by atoms with Crippen LogP contribution in [0.2, 0.25) is 0 Å². The zero-order chi connectivity index (χ0) is 10.9. The van der Waals surface area contributed by atoms with Crippen molar-refractivity contribution in [2.75, 3.05) is 6.54 Å². The summed E-state index contributed by atoms with van der Waals surface area (Å²) in [6, 6.07) is 0. The van der Waals surface area contributed by atoms with Crippen LogP contribution in [0, 0.1) is 5.92 Å². The summed E-state index contributed by atoms with van der Waals surface area (Å²) in [4.78, 5) is 0. The van der Waals surface area contributed by atoms with Gasteiger partial charge < -0.3 is 5.73 Å². The van der Waals surface area contributed by atoms with Gasteiger partial charge in [0.25, 0.3) is 0 Å². The third-order valence-electron chi connectivity index (χ3n) is 2.88. The van der Waals surface area contributed by atoms with E-state index < -0.39 is 10.0 Å². The number of hydrogen-bond acceptors (Lipinski definition) is 3. The predicted octanol–water partition coefficient (Wildman–Crippen LogP) is 0.741. The maximum Gasteiger partial charge on any atom is 0.217 e. The van der Waals surface area contributed by atoms with E-state index in [9.17, 15) is 8.42 Å². The van der Waals surface area contributed by atoms with Gasteiger partial charge in [-0.1, -0.05) is 6.92 Å². The van der Waals surface area contributed by atoms with Gasteiger partial charge in [-0.15, -0.1) is 0 Å². The Labute approximate surface area is 86.5 Å². The zero-order valence-corrected chi connectivity index (χ0v) is 9.92. The molecule has 14 heavy (non-hydrogen) atoms. The number of rotatable bonds is 2. The minimum atomic E-state index is -3.17. The largest absolute Gasteiger partial charge is 0.315 e. The Kier molecular flexibility index (Phi) is 3.55. The van der Waals surface area contributed by atoms with Crippen LogP contribution in [-0.4, -0.2) is 30.7 Å². The molecule has 84 valence electrons. The molecule has 0 aromatic carbocycles. The van der Waals surface area contributed by atoms with E-state index in [1.54, 1.807) is 13.8 Å². The van der Waals surface area contributed by atoms with Gasteiger partial charge >= 0.3 is 0 Å². The number of hydrogen-bond donors (Lipinski definition) is 1. The molecule has 0 aromatic heterocycles. The van der Waals surface area contributed by atoms with Crippen molar-refractivity contribution in [3.8, 4) is 0 Å². The molecule has 1 saturated heterocycles. The second-order valence-electron chi connectivity index (χ2n) is 4.31. The first kappa shape index (κ1) is 11.9. The van der Waals surface area contributed by atoms with Gasteiger partial charge in [-0.3, -0.25) is 0 Å². The highest BCUT2D eigenvalue weighted by molar-refractivity contribution is 7.89. The zero-order valence-electron chi connectivity index (χ0n) is 9.10. The van der Waals surface area contributed by atoms with Gasteiger partial charge in [-0.25, -0.2) is 8.42 Å². The second kappa shape index (κ2) is 4.16. The number of nitrogens with zero attached hydrogens (tertiary/aromatic N) is 1. The van der Waals surface area contributed by atoms with Crippen molar-refractivity contribution in [1.29, 1.82) is 0 Å². The molecule has 1 fully saturated rings. The average molecular weight is 220 g/mol. The highest BCUT2D eigenvalue weighted by Gasteiger charge is 2.35. The van der Waals surface area contributed by atoms with Crippen LogP contribution in [0.5, 0.6) is 0 Å². The monoisotopic (exact) mass is 220 g/mol. The topological polar surface area (TPSA) is 63.4 Å². The standard InChI is InChI=1S/C9H20N2O2S/c1-7(2)14(12,13)11-6-4-5-8(3)9(11)10/h7-9H,4-6,10H2,1-3H3. The Balaban J connectivity index is 2.87. The Bertz CT molecular complexity index is 287. The molecular weight excluding hydrogens is 200 g/mol. The van der Waals surface area contributed by atoms with Gasteiger partial charge in [0.2, 0.25) is 10.0 Å². The molecule has 2 atom stereocenters. The second-order valence-corrected chi connectivity index (χ2v) is 6.76. The van der Waals surface area contributed by atoms with E-state index in [1.807, 2.05) is 6.92 Å². The molecule has 1 aliphatic heterocycles. The molecular formula is C9H20N2O2S. The van der Waals surface area contributed by atoms with E-state index in [0.29, 0.717) is 6.54 Å². The molecule has 2 N–H and O–H groups in total. The molecule has 1 aliphatic rings. The van der Waals surface area contributed by atoms with E-state index in [-0.39, 0.29) is 17.3 Å². The summed E-state index contributed by atoms with van der Waals surface area (Å²) >= 11 is 0. The molecule has 5 heteroatoms. The molecule has 0 aliphatic carbocycles. The first-order chi connectivity index (χ1) is 6.37. The van der Waals surface area contributed by atoms with E-state index in [4.69, 9.17) is 5.73 Å². The Morgan fingerprint density at radius 1 is 1.43 bits per heavy atom. The van der Waals surface area contributed by atoms with Crippen LogP contribution in [0.25, 0.3) is 0 Å². The lowest BCUT2D eigenvalue weighted by Crippen LogP contribution is -2.54. The van der Waals surface area contributed by atoms with Gasteiger partial charge in [0.15, 0.2) is 0 Å². The number of piperidine rings is 1. The summed E-state index contributed by atoms with van der Waals surface area (Å²) in [7, 11) is -3.17. The van der Waals surface area contributed by atoms with Gasteiger partial charge in [0.05, 0.1) is 11.4 Å². The molecule has 0 spiro atoms. The summed E-state index contributed by atoms with van der Waals surface area (Å²) in [6.45, 7) is 5.97. The smallest absolute Gasteiger partial charge is 0.217 e. The maximum atomic E-state index is 11.9. The van der Waals surface area contributed by atoms with E-state index in [2.05, 4.69) is 0 Å². The van der Waals surface area contributed by atoms with Crippen molar-refractivity contribution in [2.24, 2.45) is 11.7 Å². The van der Waals surface area contributed by atoms with Crippen molar-refractivity contribution in [1.82, 2.24) is 4.31 Å². The van der Waals surface area contributed by atoms with Crippen LogP contribution < -0.4 is 5.73 Å². The molecule has 1 rings (SSSR count). The van der Waals surface area contributed by atoms with E-state index in [0.717, 1.165) is 12.8 Å². The van der Waals surface area contributed by atoms with Crippen LogP contribution in [-0.2, 0) is 10.0 Å². The molecule has 0 saturated carbocycles. The highest BCUT2D eigenvalue weighted by Crippen LogP contribution is 2.24. The fourth-order valence-electron chi connectivity index (χ4n) is 1.74. The predicted molar refractivity (Wildman–Crippen MR) is 57.1 cm³/mol. The Morgan fingerprint density at radius 2 is 2.00 bits per heavy atom. The minimum absolute atomic E-state index is 0.261. The van der Waals surface area contributed by atoms with Gasteiger partial charge in [-0.2, -0.15) is 4.31 Å². The lowest BCUT2D eigenvalue weighted by Gasteiger charge is -2.37. The van der Waals surface area contributed by atoms with Gasteiger partial charge in [0.1, 0.15) is 0 Å². The van der Waals surface area contributed by atoms with Crippen molar-refractivity contribution in [2.45, 2.75) is 45.0 Å². The molecule has 0 bridgehead atoms. The molecule has 2 unspecified atom stereocenters. The summed E-state index contributed by atoms with van der Waals surface area (Å²) in [5, 5.41) is -0.376. The average Bonchev–Trinajstić information content (AvgIpc) is 2.09. The highest BCUT2D eigenvalue weighted by atomic mass is 32.2. The van der Waals surface area contributed by atoms with Crippen molar-refractivity contribution >= 4 is 10.0 Å². The first-order valence-corrected chi connectivity index (χ1v) is 6.64. The van der Waals surface area contributed by atoms with Gasteiger partial charge in [-0.05, 0) is 32.6 Å². The van der Waals surface area contributed by atoms with Crippen LogP contribution in [0.1, 0.15) is 33.6 Å². The first-order valence-electron chi connectivity index (χ1n) is 5.13. The lowest BCUT2D eigenvalue weighted by molar-refractivity contribution is 0.191. The van der Waals surface area contributed by atoms with E-state index in [1.165, 1.54) is 4.31 Å². The van der Waals surface area contributed by atoms with Crippen LogP contribution in [0.4, 0.5) is 0 Å². The molecule has 1 heterocycles. The molecule has 4 nitrogen and oxygen atoms in total. The fraction of sp³-hybridized carbons (Fsp3) is 1.00. The van der Waals surface area contributed by atoms with Crippen LogP contribution >= 0.6 is 0 Å². The minimum Gasteiger partial charge on any atom is -0.315 e. The summed E-state index contributed by atoms with van der Waals surface area (Å²) in [6.07, 6.45) is 1.60. The third kappa shape index (κ3) is 2.10. The quantitative estimate of drug-likeness (QED) is 0.746. The third-order valence-corrected chi connectivity index (χ3v) is 5.15. The molecule has 0 radical (unpaired) electrons. The number of sulfonamides is 1. The lowest BCUT2D eigenvalue weighted by atomic mass is 9.99. The van der Waals surface area contributed by atoms with E-state index >= 15 is 0 Å². The summed E-state index contributed by atoms with van der Waals surface area (Å²) < 4.78 is 25.2. The SMILES string of the molecule is CC1CCCN(S(=O)(=O)C(C)C)C1N. The Hall–Kier alpha value is -0.130. The normalized spacial score (nSPS) is 30.9. The molecule has 0 amide bonds. The number of nitrogens with two attached hydrogens (primary N) is 1. The van der Waals surface area contributed by atoms with Crippen LogP contribution in [0.15, 0.2) is 0 Å². The molecule has 0 aromatic rings. The van der Waals surface area contributed by atoms with Gasteiger partial charge in [0, 0.05) is 6.54 Å². The van der Waals surface area contributed by atoms with Crippen LogP contribution in [0.3, 0.4) is 0 Å². The van der Waals surface area contributed by atoms with Crippen molar-refractivity contribution in [3.63, 3.8) is 0 Å². The maximum absolute atomic E-state index is 11.9. The fourth-order valence-corrected chi connectivity index (χ4v) is 3.21.